The van der Waals surface area contributed by atoms with Crippen LogP contribution < -0.4 is 19.5 Å². The van der Waals surface area contributed by atoms with Crippen LogP contribution >= 0.6 is 0 Å². The minimum atomic E-state index is -3.66. The van der Waals surface area contributed by atoms with Crippen molar-refractivity contribution in [2.45, 2.75) is 17.2 Å². The summed E-state index contributed by atoms with van der Waals surface area (Å²) in [6, 6.07) is 11.3. The molecule has 0 saturated heterocycles. The van der Waals surface area contributed by atoms with Crippen LogP contribution in [0.25, 0.3) is 0 Å². The van der Waals surface area contributed by atoms with Gasteiger partial charge < -0.3 is 24.1 Å². The van der Waals surface area contributed by atoms with Gasteiger partial charge in [0, 0.05) is 6.54 Å². The summed E-state index contributed by atoms with van der Waals surface area (Å²) in [6.45, 7) is 0.107. The first-order valence-electron chi connectivity index (χ1n) is 9.05. The fourth-order valence-corrected chi connectivity index (χ4v) is 3.98. The Morgan fingerprint density at radius 1 is 1.03 bits per heavy atom. The molecule has 164 valence electrons. The molecule has 1 amide bonds. The summed E-state index contributed by atoms with van der Waals surface area (Å²) >= 11 is 0. The number of rotatable bonds is 9. The number of methoxy groups -OCH3 is 3. The molecule has 0 aliphatic heterocycles. The van der Waals surface area contributed by atoms with Crippen LogP contribution in [0, 0.1) is 0 Å². The van der Waals surface area contributed by atoms with E-state index >= 15 is 0 Å². The Morgan fingerprint density at radius 2 is 1.68 bits per heavy atom. The van der Waals surface area contributed by atoms with Crippen molar-refractivity contribution in [3.05, 3.63) is 59.7 Å². The van der Waals surface area contributed by atoms with E-state index in [1.54, 1.807) is 30.3 Å². The molecule has 0 fully saturated rings. The van der Waals surface area contributed by atoms with Gasteiger partial charge in [0.1, 0.15) is 5.75 Å². The zero-order valence-corrected chi connectivity index (χ0v) is 17.9. The maximum Gasteiger partial charge on any atom is 0.315 e. The Morgan fingerprint density at radius 3 is 2.26 bits per heavy atom. The highest BCUT2D eigenvalue weighted by Gasteiger charge is 2.22. The van der Waals surface area contributed by atoms with Crippen LogP contribution in [0.5, 0.6) is 17.2 Å². The molecule has 11 heteroatoms. The second-order valence-electron chi connectivity index (χ2n) is 6.30. The molecule has 0 aliphatic rings. The summed E-state index contributed by atoms with van der Waals surface area (Å²) in [5.74, 6) is -0.270. The lowest BCUT2D eigenvalue weighted by molar-refractivity contribution is 0.0907. The predicted molar refractivity (Wildman–Crippen MR) is 109 cm³/mol. The van der Waals surface area contributed by atoms with Crippen LogP contribution in [0.1, 0.15) is 22.1 Å². The lowest BCUT2D eigenvalue weighted by Crippen LogP contribution is -2.23. The molecule has 1 heterocycles. The highest BCUT2D eigenvalue weighted by molar-refractivity contribution is 7.90. The molecular weight excluding hydrogens is 426 g/mol. The van der Waals surface area contributed by atoms with Crippen molar-refractivity contribution in [1.82, 2.24) is 15.5 Å². The second-order valence-corrected chi connectivity index (χ2v) is 8.29. The Labute approximate surface area is 179 Å². The largest absolute Gasteiger partial charge is 0.493 e. The molecule has 3 rings (SSSR count). The summed E-state index contributed by atoms with van der Waals surface area (Å²) < 4.78 is 45.6. The van der Waals surface area contributed by atoms with Crippen LogP contribution in [0.2, 0.25) is 0 Å². The molecule has 0 bridgehead atoms. The molecule has 0 spiro atoms. The van der Waals surface area contributed by atoms with E-state index < -0.39 is 21.5 Å². The van der Waals surface area contributed by atoms with E-state index in [4.69, 9.17) is 18.7 Å². The number of benzene rings is 2. The first-order valence-corrected chi connectivity index (χ1v) is 10.7. The second kappa shape index (κ2) is 9.47. The fraction of sp³-hybridized carbons (Fsp3) is 0.250. The number of nitrogens with one attached hydrogen (secondary N) is 1. The van der Waals surface area contributed by atoms with Crippen LogP contribution in [-0.4, -0.2) is 45.8 Å². The molecular formula is C20H21N3O7S. The zero-order chi connectivity index (χ0) is 22.4. The molecule has 0 unspecified atom stereocenters. The van der Waals surface area contributed by atoms with Crippen molar-refractivity contribution in [3.8, 4) is 17.2 Å². The van der Waals surface area contributed by atoms with E-state index in [2.05, 4.69) is 15.5 Å². The van der Waals surface area contributed by atoms with Gasteiger partial charge in [0.05, 0.1) is 26.2 Å². The maximum atomic E-state index is 12.4. The number of ether oxygens (including phenoxy) is 3. The van der Waals surface area contributed by atoms with Crippen molar-refractivity contribution in [3.63, 3.8) is 0 Å². The summed E-state index contributed by atoms with van der Waals surface area (Å²) in [7, 11) is 0.812. The molecule has 2 aromatic carbocycles. The van der Waals surface area contributed by atoms with Crippen molar-refractivity contribution >= 4 is 15.7 Å². The van der Waals surface area contributed by atoms with Crippen molar-refractivity contribution < 1.29 is 31.9 Å². The Kier molecular flexibility index (Phi) is 6.75. The van der Waals surface area contributed by atoms with Gasteiger partial charge in [-0.15, -0.1) is 0 Å². The topological polar surface area (TPSA) is 130 Å². The zero-order valence-electron chi connectivity index (χ0n) is 17.1. The van der Waals surface area contributed by atoms with Crippen LogP contribution in [0.3, 0.4) is 0 Å². The Hall–Kier alpha value is -3.60. The van der Waals surface area contributed by atoms with Crippen LogP contribution in [0.4, 0.5) is 0 Å². The summed E-state index contributed by atoms with van der Waals surface area (Å²) in [4.78, 5) is 16.4. The highest BCUT2D eigenvalue weighted by Crippen LogP contribution is 2.38. The SMILES string of the molecule is COc1cc(CNC(=O)c2nc(CS(=O)(=O)c3ccccc3)no2)cc(OC)c1OC. The monoisotopic (exact) mass is 447 g/mol. The molecule has 0 radical (unpaired) electrons. The van der Waals surface area contributed by atoms with E-state index in [0.717, 1.165) is 0 Å². The molecule has 0 saturated carbocycles. The quantitative estimate of drug-likeness (QED) is 0.523. The number of carbonyl (C=O) groups is 1. The van der Waals surface area contributed by atoms with Crippen molar-refractivity contribution in [1.29, 1.82) is 0 Å². The third kappa shape index (κ3) is 5.12. The molecule has 10 nitrogen and oxygen atoms in total. The molecule has 0 aliphatic carbocycles. The molecule has 0 atom stereocenters. The first kappa shape index (κ1) is 22.1. The normalized spacial score (nSPS) is 11.1. The van der Waals surface area contributed by atoms with Crippen molar-refractivity contribution in [2.24, 2.45) is 0 Å². The van der Waals surface area contributed by atoms with Crippen LogP contribution in [0.15, 0.2) is 51.9 Å². The van der Waals surface area contributed by atoms with Gasteiger partial charge >= 0.3 is 11.8 Å². The minimum Gasteiger partial charge on any atom is -0.493 e. The molecule has 1 aromatic heterocycles. The van der Waals surface area contributed by atoms with Crippen molar-refractivity contribution in [2.75, 3.05) is 21.3 Å². The van der Waals surface area contributed by atoms with E-state index in [1.807, 2.05) is 0 Å². The van der Waals surface area contributed by atoms with E-state index in [0.29, 0.717) is 22.8 Å². The third-order valence-corrected chi connectivity index (χ3v) is 5.89. The standard InChI is InChI=1S/C20H21N3O7S/c1-27-15-9-13(10-16(28-2)18(15)29-3)11-21-19(24)20-22-17(23-30-20)12-31(25,26)14-7-5-4-6-8-14/h4-10H,11-12H2,1-3H3,(H,21,24). The van der Waals surface area contributed by atoms with Gasteiger partial charge in [0.25, 0.3) is 0 Å². The average Bonchev–Trinajstić information content (AvgIpc) is 3.25. The number of hydrogen-bond donors (Lipinski definition) is 1. The molecule has 3 aromatic rings. The number of hydrogen-bond acceptors (Lipinski definition) is 9. The average molecular weight is 447 g/mol. The predicted octanol–water partition coefficient (Wildman–Crippen LogP) is 2.00. The van der Waals surface area contributed by atoms with E-state index in [1.165, 1.54) is 33.5 Å². The van der Waals surface area contributed by atoms with E-state index in [-0.39, 0.29) is 23.2 Å². The smallest absolute Gasteiger partial charge is 0.315 e. The fourth-order valence-electron chi connectivity index (χ4n) is 2.78. The van der Waals surface area contributed by atoms with Gasteiger partial charge in [-0.05, 0) is 29.8 Å². The summed E-state index contributed by atoms with van der Waals surface area (Å²) in [6.07, 6.45) is 0. The number of amides is 1. The Bertz CT molecular complexity index is 1140. The number of sulfone groups is 1. The summed E-state index contributed by atoms with van der Waals surface area (Å²) in [5, 5.41) is 6.22. The highest BCUT2D eigenvalue weighted by atomic mass is 32.2. The van der Waals surface area contributed by atoms with Crippen LogP contribution in [-0.2, 0) is 22.1 Å². The molecule has 1 N–H and O–H groups in total. The summed E-state index contributed by atoms with van der Waals surface area (Å²) in [5.41, 5.74) is 0.675. The number of carbonyl (C=O) groups excluding carboxylic acids is 1. The Balaban J connectivity index is 1.68. The minimum absolute atomic E-state index is 0.107. The van der Waals surface area contributed by atoms with Gasteiger partial charge in [0.15, 0.2) is 27.2 Å². The van der Waals surface area contributed by atoms with Gasteiger partial charge in [-0.25, -0.2) is 8.42 Å². The van der Waals surface area contributed by atoms with Gasteiger partial charge in [-0.1, -0.05) is 23.4 Å². The number of nitrogens with zero attached hydrogens (tertiary/aromatic N) is 2. The lowest BCUT2D eigenvalue weighted by Gasteiger charge is -2.14. The maximum absolute atomic E-state index is 12.4. The van der Waals surface area contributed by atoms with Gasteiger partial charge in [-0.2, -0.15) is 4.98 Å². The third-order valence-electron chi connectivity index (χ3n) is 4.26. The van der Waals surface area contributed by atoms with Gasteiger partial charge in [0.2, 0.25) is 5.75 Å². The van der Waals surface area contributed by atoms with Gasteiger partial charge in [-0.3, -0.25) is 4.79 Å². The van der Waals surface area contributed by atoms with E-state index in [9.17, 15) is 13.2 Å². The molecule has 31 heavy (non-hydrogen) atoms. The lowest BCUT2D eigenvalue weighted by atomic mass is 10.1. The number of aromatic nitrogens is 2. The first-order chi connectivity index (χ1) is 14.9.